The van der Waals surface area contributed by atoms with E-state index in [1.165, 1.54) is 11.1 Å². The fourth-order valence-electron chi connectivity index (χ4n) is 3.15. The fraction of sp³-hybridized carbons (Fsp3) is 0.174. The summed E-state index contributed by atoms with van der Waals surface area (Å²) in [5.74, 6) is 0.0981. The maximum atomic E-state index is 12.9. The van der Waals surface area contributed by atoms with Crippen LogP contribution in [0.15, 0.2) is 72.8 Å². The quantitative estimate of drug-likeness (QED) is 0.551. The SMILES string of the molecule is CCc1cccc(-c2cccc(C(=O)c3ccccc3)c2CC)c1. The molecule has 0 fully saturated rings. The zero-order chi connectivity index (χ0) is 16.9. The van der Waals surface area contributed by atoms with Gasteiger partial charge in [0.25, 0.3) is 0 Å². The van der Waals surface area contributed by atoms with Crippen molar-refractivity contribution in [3.05, 3.63) is 95.1 Å². The Morgan fingerprint density at radius 1 is 0.792 bits per heavy atom. The molecule has 0 spiro atoms. The van der Waals surface area contributed by atoms with Gasteiger partial charge in [0.05, 0.1) is 0 Å². The highest BCUT2D eigenvalue weighted by molar-refractivity contribution is 6.10. The Balaban J connectivity index is 2.11. The molecule has 0 atom stereocenters. The van der Waals surface area contributed by atoms with Crippen LogP contribution in [0.4, 0.5) is 0 Å². The second kappa shape index (κ2) is 7.27. The molecule has 0 aliphatic rings. The van der Waals surface area contributed by atoms with Crippen molar-refractivity contribution in [3.63, 3.8) is 0 Å². The van der Waals surface area contributed by atoms with Gasteiger partial charge in [0.15, 0.2) is 5.78 Å². The smallest absolute Gasteiger partial charge is 0.193 e. The Bertz CT molecular complexity index is 847. The van der Waals surface area contributed by atoms with E-state index >= 15 is 0 Å². The number of carbonyl (C=O) groups excluding carboxylic acids is 1. The molecule has 0 N–H and O–H groups in total. The van der Waals surface area contributed by atoms with Gasteiger partial charge in [-0.15, -0.1) is 0 Å². The van der Waals surface area contributed by atoms with Crippen molar-refractivity contribution >= 4 is 5.78 Å². The maximum absolute atomic E-state index is 12.9. The topological polar surface area (TPSA) is 17.1 Å². The number of hydrogen-bond donors (Lipinski definition) is 0. The lowest BCUT2D eigenvalue weighted by Gasteiger charge is -2.14. The highest BCUT2D eigenvalue weighted by atomic mass is 16.1. The van der Waals surface area contributed by atoms with Crippen LogP contribution in [-0.2, 0) is 12.8 Å². The molecule has 3 aromatic carbocycles. The third kappa shape index (κ3) is 3.16. The Kier molecular flexibility index (Phi) is 4.90. The Hall–Kier alpha value is -2.67. The van der Waals surface area contributed by atoms with Crippen LogP contribution in [0.1, 0.15) is 40.9 Å². The van der Waals surface area contributed by atoms with Crippen molar-refractivity contribution < 1.29 is 4.79 Å². The second-order valence-corrected chi connectivity index (χ2v) is 5.93. The van der Waals surface area contributed by atoms with E-state index in [1.54, 1.807) is 0 Å². The molecule has 120 valence electrons. The van der Waals surface area contributed by atoms with Gasteiger partial charge in [-0.05, 0) is 35.1 Å². The van der Waals surface area contributed by atoms with Crippen LogP contribution < -0.4 is 0 Å². The predicted molar refractivity (Wildman–Crippen MR) is 101 cm³/mol. The molecule has 3 rings (SSSR count). The van der Waals surface area contributed by atoms with Crippen molar-refractivity contribution in [2.24, 2.45) is 0 Å². The van der Waals surface area contributed by atoms with Gasteiger partial charge >= 0.3 is 0 Å². The van der Waals surface area contributed by atoms with Gasteiger partial charge in [-0.1, -0.05) is 86.6 Å². The summed E-state index contributed by atoms with van der Waals surface area (Å²) < 4.78 is 0. The molecule has 0 bridgehead atoms. The summed E-state index contributed by atoms with van der Waals surface area (Å²) in [5, 5.41) is 0. The number of aryl methyl sites for hydroxylation is 1. The molecule has 0 aliphatic heterocycles. The number of rotatable bonds is 5. The van der Waals surface area contributed by atoms with Crippen LogP contribution in [0.3, 0.4) is 0 Å². The molecule has 0 unspecified atom stereocenters. The zero-order valence-corrected chi connectivity index (χ0v) is 14.3. The van der Waals surface area contributed by atoms with Crippen LogP contribution in [0, 0.1) is 0 Å². The van der Waals surface area contributed by atoms with Crippen LogP contribution in [0.25, 0.3) is 11.1 Å². The zero-order valence-electron chi connectivity index (χ0n) is 14.3. The van der Waals surface area contributed by atoms with Gasteiger partial charge in [0, 0.05) is 11.1 Å². The molecule has 0 radical (unpaired) electrons. The second-order valence-electron chi connectivity index (χ2n) is 5.93. The first-order valence-electron chi connectivity index (χ1n) is 8.55. The van der Waals surface area contributed by atoms with Crippen molar-refractivity contribution in [2.75, 3.05) is 0 Å². The van der Waals surface area contributed by atoms with E-state index in [2.05, 4.69) is 44.2 Å². The summed E-state index contributed by atoms with van der Waals surface area (Å²) in [6.45, 7) is 4.28. The predicted octanol–water partition coefficient (Wildman–Crippen LogP) is 5.71. The molecule has 0 amide bonds. The Labute approximate surface area is 144 Å². The van der Waals surface area contributed by atoms with E-state index in [0.29, 0.717) is 0 Å². The third-order valence-corrected chi connectivity index (χ3v) is 4.46. The monoisotopic (exact) mass is 314 g/mol. The van der Waals surface area contributed by atoms with Gasteiger partial charge in [0.1, 0.15) is 0 Å². The molecule has 3 aromatic rings. The minimum atomic E-state index is 0.0981. The Morgan fingerprint density at radius 3 is 2.25 bits per heavy atom. The molecule has 0 saturated carbocycles. The molecule has 24 heavy (non-hydrogen) atoms. The average molecular weight is 314 g/mol. The number of carbonyl (C=O) groups is 1. The highest BCUT2D eigenvalue weighted by Crippen LogP contribution is 2.29. The normalized spacial score (nSPS) is 10.6. The van der Waals surface area contributed by atoms with Crippen molar-refractivity contribution in [1.82, 2.24) is 0 Å². The van der Waals surface area contributed by atoms with Gasteiger partial charge in [-0.2, -0.15) is 0 Å². The standard InChI is InChI=1S/C23H22O/c1-3-17-10-8-13-19(16-17)21-14-9-15-22(20(21)4-2)23(24)18-11-6-5-7-12-18/h5-16H,3-4H2,1-2H3. The largest absolute Gasteiger partial charge is 0.289 e. The first kappa shape index (κ1) is 16.2. The summed E-state index contributed by atoms with van der Waals surface area (Å²) in [4.78, 5) is 12.9. The van der Waals surface area contributed by atoms with E-state index in [1.807, 2.05) is 42.5 Å². The third-order valence-electron chi connectivity index (χ3n) is 4.46. The summed E-state index contributed by atoms with van der Waals surface area (Å²) in [5.41, 5.74) is 6.34. The summed E-state index contributed by atoms with van der Waals surface area (Å²) >= 11 is 0. The van der Waals surface area contributed by atoms with Gasteiger partial charge < -0.3 is 0 Å². The van der Waals surface area contributed by atoms with E-state index < -0.39 is 0 Å². The number of benzene rings is 3. The van der Waals surface area contributed by atoms with E-state index in [0.717, 1.165) is 35.1 Å². The molecule has 0 aliphatic carbocycles. The summed E-state index contributed by atoms with van der Waals surface area (Å²) in [7, 11) is 0. The van der Waals surface area contributed by atoms with Crippen molar-refractivity contribution in [3.8, 4) is 11.1 Å². The number of ketones is 1. The molecule has 1 heteroatoms. The van der Waals surface area contributed by atoms with E-state index in [9.17, 15) is 4.79 Å². The van der Waals surface area contributed by atoms with E-state index in [4.69, 9.17) is 0 Å². The van der Waals surface area contributed by atoms with Gasteiger partial charge in [-0.25, -0.2) is 0 Å². The minimum absolute atomic E-state index is 0.0981. The first-order chi connectivity index (χ1) is 11.7. The molecule has 0 heterocycles. The lowest BCUT2D eigenvalue weighted by Crippen LogP contribution is -2.06. The molecule has 0 aromatic heterocycles. The lowest BCUT2D eigenvalue weighted by atomic mass is 9.89. The van der Waals surface area contributed by atoms with Gasteiger partial charge in [0.2, 0.25) is 0 Å². The maximum Gasteiger partial charge on any atom is 0.193 e. The summed E-state index contributed by atoms with van der Waals surface area (Å²) in [6, 6.07) is 24.2. The summed E-state index contributed by atoms with van der Waals surface area (Å²) in [6.07, 6.45) is 1.85. The minimum Gasteiger partial charge on any atom is -0.289 e. The Morgan fingerprint density at radius 2 is 1.54 bits per heavy atom. The van der Waals surface area contributed by atoms with Crippen LogP contribution >= 0.6 is 0 Å². The lowest BCUT2D eigenvalue weighted by molar-refractivity contribution is 0.103. The fourth-order valence-corrected chi connectivity index (χ4v) is 3.15. The highest BCUT2D eigenvalue weighted by Gasteiger charge is 2.16. The van der Waals surface area contributed by atoms with Crippen molar-refractivity contribution in [1.29, 1.82) is 0 Å². The molecular weight excluding hydrogens is 292 g/mol. The van der Waals surface area contributed by atoms with Crippen LogP contribution in [-0.4, -0.2) is 5.78 Å². The van der Waals surface area contributed by atoms with Gasteiger partial charge in [-0.3, -0.25) is 4.79 Å². The molecular formula is C23H22O. The first-order valence-corrected chi connectivity index (χ1v) is 8.55. The van der Waals surface area contributed by atoms with Crippen LogP contribution in [0.5, 0.6) is 0 Å². The van der Waals surface area contributed by atoms with E-state index in [-0.39, 0.29) is 5.78 Å². The number of hydrogen-bond acceptors (Lipinski definition) is 1. The average Bonchev–Trinajstić information content (AvgIpc) is 2.67. The molecule has 0 saturated heterocycles. The molecule has 1 nitrogen and oxygen atoms in total. The van der Waals surface area contributed by atoms with Crippen molar-refractivity contribution in [2.45, 2.75) is 26.7 Å². The van der Waals surface area contributed by atoms with Crippen LogP contribution in [0.2, 0.25) is 0 Å².